The second kappa shape index (κ2) is 5.85. The monoisotopic (exact) mass is 311 g/mol. The molecule has 1 N–H and O–H groups in total. The Balaban J connectivity index is 1.94. The minimum atomic E-state index is -0.514. The number of benzene rings is 1. The first-order valence-corrected chi connectivity index (χ1v) is 7.07. The molecule has 0 spiro atoms. The molecule has 4 heteroatoms. The summed E-state index contributed by atoms with van der Waals surface area (Å²) in [5, 5.41) is 3.26. The predicted molar refractivity (Wildman–Crippen MR) is 74.2 cm³/mol. The SMILES string of the molecule is CC1(C(=O)OCc2ccccc2Br)CCCCN1. The predicted octanol–water partition coefficient (Wildman–Crippen LogP) is 3.02. The van der Waals surface area contributed by atoms with E-state index in [1.54, 1.807) is 0 Å². The van der Waals surface area contributed by atoms with Gasteiger partial charge in [0.15, 0.2) is 0 Å². The number of hydrogen-bond donors (Lipinski definition) is 1. The van der Waals surface area contributed by atoms with Crippen LogP contribution in [0.25, 0.3) is 0 Å². The van der Waals surface area contributed by atoms with Gasteiger partial charge in [-0.3, -0.25) is 4.79 Å². The van der Waals surface area contributed by atoms with E-state index < -0.39 is 5.54 Å². The Bertz CT molecular complexity index is 428. The number of esters is 1. The van der Waals surface area contributed by atoms with Gasteiger partial charge in [0.1, 0.15) is 12.1 Å². The van der Waals surface area contributed by atoms with Crippen molar-refractivity contribution < 1.29 is 9.53 Å². The van der Waals surface area contributed by atoms with Crippen LogP contribution in [-0.2, 0) is 16.1 Å². The summed E-state index contributed by atoms with van der Waals surface area (Å²) in [6, 6.07) is 7.78. The zero-order valence-corrected chi connectivity index (χ0v) is 12.1. The summed E-state index contributed by atoms with van der Waals surface area (Å²) < 4.78 is 6.39. The quantitative estimate of drug-likeness (QED) is 0.872. The first kappa shape index (κ1) is 13.6. The maximum atomic E-state index is 12.1. The normalized spacial score (nSPS) is 23.7. The first-order chi connectivity index (χ1) is 8.62. The molecule has 1 aliphatic rings. The maximum Gasteiger partial charge on any atom is 0.326 e. The van der Waals surface area contributed by atoms with Crippen LogP contribution in [0.5, 0.6) is 0 Å². The Morgan fingerprint density at radius 1 is 1.44 bits per heavy atom. The molecule has 0 aromatic heterocycles. The number of ether oxygens (including phenoxy) is 1. The molecule has 0 amide bonds. The van der Waals surface area contributed by atoms with Gasteiger partial charge in [-0.15, -0.1) is 0 Å². The van der Waals surface area contributed by atoms with Gasteiger partial charge in [-0.25, -0.2) is 0 Å². The van der Waals surface area contributed by atoms with E-state index in [0.29, 0.717) is 6.61 Å². The largest absolute Gasteiger partial charge is 0.459 e. The van der Waals surface area contributed by atoms with E-state index in [0.717, 1.165) is 35.8 Å². The van der Waals surface area contributed by atoms with Crippen LogP contribution in [0.2, 0.25) is 0 Å². The Hall–Kier alpha value is -0.870. The highest BCUT2D eigenvalue weighted by atomic mass is 79.9. The second-order valence-electron chi connectivity index (χ2n) is 4.88. The van der Waals surface area contributed by atoms with Crippen molar-refractivity contribution in [3.8, 4) is 0 Å². The summed E-state index contributed by atoms with van der Waals surface area (Å²) in [4.78, 5) is 12.1. The van der Waals surface area contributed by atoms with Gasteiger partial charge in [-0.1, -0.05) is 34.1 Å². The van der Waals surface area contributed by atoms with Crippen LogP contribution < -0.4 is 5.32 Å². The fraction of sp³-hybridized carbons (Fsp3) is 0.500. The van der Waals surface area contributed by atoms with Crippen molar-refractivity contribution in [3.63, 3.8) is 0 Å². The lowest BCUT2D eigenvalue weighted by atomic mass is 9.91. The maximum absolute atomic E-state index is 12.1. The van der Waals surface area contributed by atoms with E-state index in [4.69, 9.17) is 4.74 Å². The van der Waals surface area contributed by atoms with Gasteiger partial charge in [-0.2, -0.15) is 0 Å². The highest BCUT2D eigenvalue weighted by Crippen LogP contribution is 2.22. The summed E-state index contributed by atoms with van der Waals surface area (Å²) in [6.07, 6.45) is 3.06. The molecule has 0 radical (unpaired) electrons. The van der Waals surface area contributed by atoms with Crippen LogP contribution in [0.4, 0.5) is 0 Å². The molecule has 1 aromatic carbocycles. The minimum absolute atomic E-state index is 0.155. The highest BCUT2D eigenvalue weighted by Gasteiger charge is 2.35. The smallest absolute Gasteiger partial charge is 0.326 e. The van der Waals surface area contributed by atoms with Crippen molar-refractivity contribution in [2.24, 2.45) is 0 Å². The van der Waals surface area contributed by atoms with Crippen molar-refractivity contribution in [1.82, 2.24) is 5.32 Å². The van der Waals surface area contributed by atoms with Crippen LogP contribution in [-0.4, -0.2) is 18.1 Å². The summed E-state index contributed by atoms with van der Waals surface area (Å²) in [7, 11) is 0. The minimum Gasteiger partial charge on any atom is -0.459 e. The number of nitrogens with one attached hydrogen (secondary N) is 1. The zero-order chi connectivity index (χ0) is 13.0. The van der Waals surface area contributed by atoms with E-state index >= 15 is 0 Å². The Kier molecular flexibility index (Phi) is 4.40. The van der Waals surface area contributed by atoms with Gasteiger partial charge in [-0.05, 0) is 38.8 Å². The summed E-state index contributed by atoms with van der Waals surface area (Å²) >= 11 is 3.45. The summed E-state index contributed by atoms with van der Waals surface area (Å²) in [6.45, 7) is 3.13. The third-order valence-corrected chi connectivity index (χ3v) is 4.16. The number of piperidine rings is 1. The Morgan fingerprint density at radius 2 is 2.22 bits per heavy atom. The van der Waals surface area contributed by atoms with E-state index in [1.165, 1.54) is 0 Å². The third-order valence-electron chi connectivity index (χ3n) is 3.39. The van der Waals surface area contributed by atoms with Crippen molar-refractivity contribution in [3.05, 3.63) is 34.3 Å². The van der Waals surface area contributed by atoms with Crippen molar-refractivity contribution in [2.75, 3.05) is 6.54 Å². The molecule has 1 atom stereocenters. The molecule has 0 bridgehead atoms. The number of halogens is 1. The van der Waals surface area contributed by atoms with Crippen LogP contribution in [0.3, 0.4) is 0 Å². The van der Waals surface area contributed by atoms with Gasteiger partial charge in [0.2, 0.25) is 0 Å². The molecule has 1 aromatic rings. The molecule has 1 fully saturated rings. The lowest BCUT2D eigenvalue weighted by molar-refractivity contribution is -0.153. The molecule has 2 rings (SSSR count). The lowest BCUT2D eigenvalue weighted by Gasteiger charge is -2.32. The number of rotatable bonds is 3. The fourth-order valence-electron chi connectivity index (χ4n) is 2.15. The number of carbonyl (C=O) groups is 1. The van der Waals surface area contributed by atoms with Crippen molar-refractivity contribution >= 4 is 21.9 Å². The van der Waals surface area contributed by atoms with E-state index in [9.17, 15) is 4.79 Å². The highest BCUT2D eigenvalue weighted by molar-refractivity contribution is 9.10. The Morgan fingerprint density at radius 3 is 2.89 bits per heavy atom. The molecule has 0 aliphatic carbocycles. The average Bonchev–Trinajstić information content (AvgIpc) is 2.38. The topological polar surface area (TPSA) is 38.3 Å². The van der Waals surface area contributed by atoms with Gasteiger partial charge >= 0.3 is 5.97 Å². The molecular formula is C14H18BrNO2. The first-order valence-electron chi connectivity index (χ1n) is 6.27. The standard InChI is InChI=1S/C14H18BrNO2/c1-14(8-4-5-9-16-14)13(17)18-10-11-6-2-3-7-12(11)15/h2-3,6-7,16H,4-5,8-10H2,1H3. The average molecular weight is 312 g/mol. The van der Waals surface area contributed by atoms with Crippen molar-refractivity contribution in [1.29, 1.82) is 0 Å². The molecule has 1 saturated heterocycles. The van der Waals surface area contributed by atoms with Crippen LogP contribution in [0.15, 0.2) is 28.7 Å². The van der Waals surface area contributed by atoms with Gasteiger partial charge in [0.05, 0.1) is 0 Å². The van der Waals surface area contributed by atoms with Crippen LogP contribution >= 0.6 is 15.9 Å². The van der Waals surface area contributed by atoms with E-state index in [1.807, 2.05) is 31.2 Å². The van der Waals surface area contributed by atoms with Gasteiger partial charge in [0.25, 0.3) is 0 Å². The molecule has 1 heterocycles. The molecule has 1 aliphatic heterocycles. The molecule has 18 heavy (non-hydrogen) atoms. The van der Waals surface area contributed by atoms with Crippen LogP contribution in [0, 0.1) is 0 Å². The number of hydrogen-bond acceptors (Lipinski definition) is 3. The van der Waals surface area contributed by atoms with Gasteiger partial charge < -0.3 is 10.1 Å². The second-order valence-corrected chi connectivity index (χ2v) is 5.74. The molecule has 1 unspecified atom stereocenters. The van der Waals surface area contributed by atoms with Gasteiger partial charge in [0, 0.05) is 10.0 Å². The van der Waals surface area contributed by atoms with E-state index in [2.05, 4.69) is 21.2 Å². The molecule has 98 valence electrons. The van der Waals surface area contributed by atoms with E-state index in [-0.39, 0.29) is 5.97 Å². The summed E-state index contributed by atoms with van der Waals surface area (Å²) in [5.41, 5.74) is 0.477. The molecule has 0 saturated carbocycles. The fourth-order valence-corrected chi connectivity index (χ4v) is 2.55. The zero-order valence-electron chi connectivity index (χ0n) is 10.5. The van der Waals surface area contributed by atoms with Crippen LogP contribution in [0.1, 0.15) is 31.7 Å². The Labute approximate surface area is 116 Å². The van der Waals surface area contributed by atoms with Crippen molar-refractivity contribution in [2.45, 2.75) is 38.3 Å². The number of carbonyl (C=O) groups excluding carboxylic acids is 1. The summed E-state index contributed by atoms with van der Waals surface area (Å²) in [5.74, 6) is -0.155. The molecule has 3 nitrogen and oxygen atoms in total. The molecular weight excluding hydrogens is 294 g/mol. The lowest BCUT2D eigenvalue weighted by Crippen LogP contribution is -2.52. The third kappa shape index (κ3) is 3.12.